The van der Waals surface area contributed by atoms with Crippen molar-refractivity contribution in [3.8, 4) is 6.07 Å². The van der Waals surface area contributed by atoms with Crippen LogP contribution in [0.4, 0.5) is 0 Å². The molecular formula is C26H43NO2S3. The second kappa shape index (κ2) is 18.4. The minimum Gasteiger partial charge on any atom is -0.465 e. The van der Waals surface area contributed by atoms with E-state index in [9.17, 15) is 10.1 Å². The van der Waals surface area contributed by atoms with Gasteiger partial charge in [0.1, 0.15) is 8.28 Å². The molecule has 0 aliphatic carbocycles. The van der Waals surface area contributed by atoms with E-state index in [1.54, 1.807) is 11.8 Å². The first-order valence-corrected chi connectivity index (χ1v) is 13.6. The molecule has 0 bridgehead atoms. The monoisotopic (exact) mass is 497 g/mol. The van der Waals surface area contributed by atoms with Crippen LogP contribution in [0.5, 0.6) is 0 Å². The number of nitrogens with zero attached hydrogens (tertiary/aromatic N) is 1. The van der Waals surface area contributed by atoms with Crippen molar-refractivity contribution in [2.75, 3.05) is 12.4 Å². The van der Waals surface area contributed by atoms with Crippen molar-refractivity contribution >= 4 is 45.2 Å². The first-order valence-electron chi connectivity index (χ1n) is 11.4. The van der Waals surface area contributed by atoms with E-state index in [4.69, 9.17) is 17.0 Å². The molecule has 0 fully saturated rings. The van der Waals surface area contributed by atoms with E-state index < -0.39 is 4.75 Å². The van der Waals surface area contributed by atoms with Crippen LogP contribution in [0.3, 0.4) is 0 Å². The summed E-state index contributed by atoms with van der Waals surface area (Å²) in [6.07, 6.45) is 1.83. The van der Waals surface area contributed by atoms with E-state index in [0.29, 0.717) is 18.9 Å². The van der Waals surface area contributed by atoms with Crippen LogP contribution in [-0.2, 0) is 16.0 Å². The van der Waals surface area contributed by atoms with Gasteiger partial charge in [0.15, 0.2) is 0 Å². The van der Waals surface area contributed by atoms with Gasteiger partial charge in [0, 0.05) is 6.42 Å². The number of nitriles is 1. The number of rotatable bonds is 8. The third-order valence-electron chi connectivity index (χ3n) is 4.84. The number of esters is 1. The molecule has 0 amide bonds. The number of benzene rings is 1. The number of aryl methyl sites for hydroxylation is 1. The Balaban J connectivity index is 0. The summed E-state index contributed by atoms with van der Waals surface area (Å²) in [6.45, 7) is 18.9. The fraction of sp³-hybridized carbons (Fsp3) is 0.654. The highest BCUT2D eigenvalue weighted by atomic mass is 32.2. The molecule has 0 heterocycles. The number of hydrogen-bond donors (Lipinski definition) is 0. The largest absolute Gasteiger partial charge is 0.465 e. The fourth-order valence-electron chi connectivity index (χ4n) is 2.06. The molecule has 0 saturated heterocycles. The molecule has 1 rings (SSSR count). The third-order valence-corrected chi connectivity index (χ3v) is 7.48. The molecule has 1 aromatic rings. The summed E-state index contributed by atoms with van der Waals surface area (Å²) in [6, 6.07) is 12.7. The van der Waals surface area contributed by atoms with Crippen molar-refractivity contribution in [1.82, 2.24) is 0 Å². The van der Waals surface area contributed by atoms with Crippen LogP contribution in [0.2, 0.25) is 0 Å². The van der Waals surface area contributed by atoms with E-state index in [2.05, 4.69) is 65.0 Å². The normalized spacial score (nSPS) is 13.1. The summed E-state index contributed by atoms with van der Waals surface area (Å²) < 4.78 is 5.41. The Morgan fingerprint density at radius 1 is 1.16 bits per heavy atom. The molecule has 0 spiro atoms. The molecular weight excluding hydrogens is 454 g/mol. The van der Waals surface area contributed by atoms with Crippen LogP contribution in [0.1, 0.15) is 80.7 Å². The predicted molar refractivity (Wildman–Crippen MR) is 148 cm³/mol. The zero-order chi connectivity index (χ0) is 25.2. The molecule has 0 aliphatic rings. The van der Waals surface area contributed by atoms with Crippen LogP contribution in [0, 0.1) is 22.7 Å². The predicted octanol–water partition coefficient (Wildman–Crippen LogP) is 8.32. The minimum absolute atomic E-state index is 0.112. The average Bonchev–Trinajstić information content (AvgIpc) is 2.77. The van der Waals surface area contributed by atoms with Gasteiger partial charge in [-0.05, 0) is 42.4 Å². The van der Waals surface area contributed by atoms with Crippen molar-refractivity contribution in [3.63, 3.8) is 0 Å². The maximum Gasteiger partial charge on any atom is 0.305 e. The molecule has 0 saturated carbocycles. The molecule has 182 valence electrons. The summed E-state index contributed by atoms with van der Waals surface area (Å²) in [4.78, 5) is 11.9. The molecule has 2 unspecified atom stereocenters. The van der Waals surface area contributed by atoms with Crippen LogP contribution >= 0.6 is 35.7 Å². The van der Waals surface area contributed by atoms with Gasteiger partial charge in [-0.2, -0.15) is 5.26 Å². The molecule has 3 nitrogen and oxygen atoms in total. The van der Waals surface area contributed by atoms with E-state index in [0.717, 1.165) is 15.7 Å². The Morgan fingerprint density at radius 3 is 2.12 bits per heavy atom. The maximum absolute atomic E-state index is 11.9. The topological polar surface area (TPSA) is 50.1 Å². The van der Waals surface area contributed by atoms with Crippen LogP contribution in [0.25, 0.3) is 0 Å². The first kappa shape index (κ1) is 33.1. The molecule has 6 heteroatoms. The molecule has 32 heavy (non-hydrogen) atoms. The van der Waals surface area contributed by atoms with Gasteiger partial charge in [0.25, 0.3) is 0 Å². The van der Waals surface area contributed by atoms with Gasteiger partial charge >= 0.3 is 5.97 Å². The van der Waals surface area contributed by atoms with Gasteiger partial charge in [0.2, 0.25) is 0 Å². The first-order chi connectivity index (χ1) is 15.0. The van der Waals surface area contributed by atoms with Crippen molar-refractivity contribution in [1.29, 1.82) is 5.26 Å². The van der Waals surface area contributed by atoms with Crippen LogP contribution in [0.15, 0.2) is 30.3 Å². The fourth-order valence-corrected chi connectivity index (χ4v) is 4.96. The number of ether oxygens (including phenoxy) is 1. The van der Waals surface area contributed by atoms with Gasteiger partial charge in [-0.1, -0.05) is 110 Å². The van der Waals surface area contributed by atoms with Crippen LogP contribution < -0.4 is 0 Å². The highest BCUT2D eigenvalue weighted by Gasteiger charge is 2.28. The maximum atomic E-state index is 11.9. The summed E-state index contributed by atoms with van der Waals surface area (Å²) in [5.74, 6) is 0.939. The van der Waals surface area contributed by atoms with Gasteiger partial charge < -0.3 is 4.74 Å². The highest BCUT2D eigenvalue weighted by Crippen LogP contribution is 2.34. The Labute approximate surface area is 211 Å². The molecule has 0 aliphatic heterocycles. The van der Waals surface area contributed by atoms with Crippen molar-refractivity contribution < 1.29 is 9.53 Å². The third kappa shape index (κ3) is 16.6. The van der Waals surface area contributed by atoms with Crippen molar-refractivity contribution in [3.05, 3.63) is 35.9 Å². The summed E-state index contributed by atoms with van der Waals surface area (Å²) >= 11 is 8.15. The average molecular weight is 498 g/mol. The molecule has 0 radical (unpaired) electrons. The lowest BCUT2D eigenvalue weighted by atomic mass is 9.83. The SMILES string of the molecule is CC.CCSC(=S)SC(C)(C#N)CCC(=O)OCC(C)C(C)(C)C.CCc1ccccc1. The molecule has 0 aromatic heterocycles. The Morgan fingerprint density at radius 2 is 1.72 bits per heavy atom. The van der Waals surface area contributed by atoms with Gasteiger partial charge in [-0.3, -0.25) is 4.79 Å². The summed E-state index contributed by atoms with van der Waals surface area (Å²) in [5, 5.41) is 9.35. The number of thioether (sulfide) groups is 2. The molecule has 1 aromatic carbocycles. The van der Waals surface area contributed by atoms with E-state index in [1.165, 1.54) is 17.3 Å². The molecule has 0 N–H and O–H groups in total. The van der Waals surface area contributed by atoms with Crippen molar-refractivity contribution in [2.24, 2.45) is 11.3 Å². The lowest BCUT2D eigenvalue weighted by molar-refractivity contribution is -0.146. The Bertz CT molecular complexity index is 681. The second-order valence-electron chi connectivity index (χ2n) is 8.42. The number of carbonyl (C=O) groups excluding carboxylic acids is 1. The quantitative estimate of drug-likeness (QED) is 0.266. The minimum atomic E-state index is -0.673. The van der Waals surface area contributed by atoms with Gasteiger partial charge in [-0.15, -0.1) is 11.8 Å². The Kier molecular flexibility index (Phi) is 19.1. The van der Waals surface area contributed by atoms with Crippen LogP contribution in [-0.4, -0.2) is 26.6 Å². The number of hydrogen-bond acceptors (Lipinski definition) is 6. The van der Waals surface area contributed by atoms with Crippen molar-refractivity contribution in [2.45, 2.75) is 86.3 Å². The smallest absolute Gasteiger partial charge is 0.305 e. The van der Waals surface area contributed by atoms with E-state index >= 15 is 0 Å². The zero-order valence-corrected chi connectivity index (χ0v) is 23.9. The highest BCUT2D eigenvalue weighted by molar-refractivity contribution is 8.47. The standard InChI is InChI=1S/C16H27NO2S3.C8H10.C2H6/c1-7-21-14(20)22-16(6,11-17)9-8-13(18)19-10-12(2)15(3,4)5;1-2-8-6-4-3-5-7-8;1-2/h12H,7-10H2,1-6H3;3-7H,2H2,1H3;1-2H3. The van der Waals surface area contributed by atoms with E-state index in [1.807, 2.05) is 33.8 Å². The number of thiocarbonyl (C=S) groups is 1. The van der Waals surface area contributed by atoms with Gasteiger partial charge in [0.05, 0.1) is 12.7 Å². The summed E-state index contributed by atoms with van der Waals surface area (Å²) in [5.41, 5.74) is 1.52. The number of carbonyl (C=O) groups is 1. The lowest BCUT2D eigenvalue weighted by Gasteiger charge is -2.27. The lowest BCUT2D eigenvalue weighted by Crippen LogP contribution is -2.25. The second-order valence-corrected chi connectivity index (χ2v) is 12.4. The Hall–Kier alpha value is -1.03. The van der Waals surface area contributed by atoms with E-state index in [-0.39, 0.29) is 17.8 Å². The molecule has 2 atom stereocenters. The van der Waals surface area contributed by atoms with Gasteiger partial charge in [-0.25, -0.2) is 0 Å². The zero-order valence-electron chi connectivity index (χ0n) is 21.5. The summed E-state index contributed by atoms with van der Waals surface area (Å²) in [7, 11) is 0.